The molecular weight excluding hydrogens is 282 g/mol. The van der Waals surface area contributed by atoms with Gasteiger partial charge in [0.05, 0.1) is 5.92 Å². The molecule has 1 aliphatic carbocycles. The third kappa shape index (κ3) is 4.01. The van der Waals surface area contributed by atoms with E-state index in [-0.39, 0.29) is 5.92 Å². The standard InChI is InChI=1S/C21H25NO/c1-2-9-20(18-12-7-4-8-13-18)21(23)22(19-14-15-19)16-17-10-5-3-6-11-17/h3-8,10-13,19-20H,2,9,14-16H2,1H3. The summed E-state index contributed by atoms with van der Waals surface area (Å²) in [5.74, 6) is 0.287. The van der Waals surface area contributed by atoms with Crippen LogP contribution in [0, 0.1) is 0 Å². The van der Waals surface area contributed by atoms with Crippen LogP contribution in [-0.2, 0) is 11.3 Å². The van der Waals surface area contributed by atoms with Crippen LogP contribution in [0.1, 0.15) is 49.7 Å². The maximum atomic E-state index is 13.2. The number of carbonyl (C=O) groups excluding carboxylic acids is 1. The molecule has 1 fully saturated rings. The second kappa shape index (κ2) is 7.45. The SMILES string of the molecule is CCCC(C(=O)N(Cc1ccccc1)C1CC1)c1ccccc1. The maximum absolute atomic E-state index is 13.2. The molecule has 2 heteroatoms. The summed E-state index contributed by atoms with van der Waals surface area (Å²) in [6, 6.07) is 21.0. The molecule has 0 aliphatic heterocycles. The minimum absolute atomic E-state index is 0.00878. The molecule has 0 N–H and O–H groups in total. The zero-order chi connectivity index (χ0) is 16.1. The molecule has 1 saturated carbocycles. The van der Waals surface area contributed by atoms with Gasteiger partial charge in [-0.1, -0.05) is 74.0 Å². The Hall–Kier alpha value is -2.09. The molecule has 23 heavy (non-hydrogen) atoms. The molecular formula is C21H25NO. The van der Waals surface area contributed by atoms with Gasteiger partial charge in [-0.25, -0.2) is 0 Å². The molecule has 0 bridgehead atoms. The first-order valence-corrected chi connectivity index (χ1v) is 8.69. The Morgan fingerprint density at radius 2 is 1.65 bits per heavy atom. The molecule has 1 atom stereocenters. The van der Waals surface area contributed by atoms with Crippen molar-refractivity contribution in [3.05, 3.63) is 71.8 Å². The second-order valence-corrected chi connectivity index (χ2v) is 6.43. The van der Waals surface area contributed by atoms with E-state index in [0.29, 0.717) is 11.9 Å². The fourth-order valence-electron chi connectivity index (χ4n) is 3.16. The van der Waals surface area contributed by atoms with Crippen LogP contribution in [0.2, 0.25) is 0 Å². The summed E-state index contributed by atoms with van der Waals surface area (Å²) < 4.78 is 0. The first-order chi connectivity index (χ1) is 11.3. The quantitative estimate of drug-likeness (QED) is 0.722. The summed E-state index contributed by atoms with van der Waals surface area (Å²) in [6.07, 6.45) is 4.23. The van der Waals surface area contributed by atoms with Gasteiger partial charge in [-0.3, -0.25) is 4.79 Å². The van der Waals surface area contributed by atoms with E-state index in [9.17, 15) is 4.79 Å². The van der Waals surface area contributed by atoms with Crippen LogP contribution >= 0.6 is 0 Å². The van der Waals surface area contributed by atoms with Gasteiger partial charge in [0.25, 0.3) is 0 Å². The highest BCUT2D eigenvalue weighted by Crippen LogP contribution is 2.33. The van der Waals surface area contributed by atoms with E-state index >= 15 is 0 Å². The highest BCUT2D eigenvalue weighted by molar-refractivity contribution is 5.84. The Balaban J connectivity index is 1.81. The average molecular weight is 307 g/mol. The lowest BCUT2D eigenvalue weighted by molar-refractivity contribution is -0.134. The molecule has 120 valence electrons. The number of amides is 1. The van der Waals surface area contributed by atoms with Gasteiger partial charge in [0.1, 0.15) is 0 Å². The Bertz CT molecular complexity index is 619. The predicted octanol–water partition coefficient (Wildman–Crippen LogP) is 4.76. The lowest BCUT2D eigenvalue weighted by atomic mass is 9.92. The summed E-state index contributed by atoms with van der Waals surface area (Å²) in [5, 5.41) is 0. The first kappa shape index (κ1) is 15.8. The number of rotatable bonds is 7. The highest BCUT2D eigenvalue weighted by Gasteiger charge is 2.35. The Labute approximate surface area is 139 Å². The lowest BCUT2D eigenvalue weighted by Crippen LogP contribution is -2.36. The van der Waals surface area contributed by atoms with E-state index in [4.69, 9.17) is 0 Å². The molecule has 0 aromatic heterocycles. The molecule has 0 radical (unpaired) electrons. The number of benzene rings is 2. The third-order valence-electron chi connectivity index (χ3n) is 4.54. The van der Waals surface area contributed by atoms with E-state index in [1.54, 1.807) is 0 Å². The summed E-state index contributed by atoms with van der Waals surface area (Å²) in [7, 11) is 0. The average Bonchev–Trinajstić information content (AvgIpc) is 3.44. The third-order valence-corrected chi connectivity index (χ3v) is 4.54. The van der Waals surface area contributed by atoms with Crippen LogP contribution in [0.15, 0.2) is 60.7 Å². The van der Waals surface area contributed by atoms with E-state index in [2.05, 4.69) is 36.1 Å². The Kier molecular flexibility index (Phi) is 5.12. The van der Waals surface area contributed by atoms with Crippen molar-refractivity contribution >= 4 is 5.91 Å². The molecule has 2 nitrogen and oxygen atoms in total. The Morgan fingerprint density at radius 3 is 2.22 bits per heavy atom. The van der Waals surface area contributed by atoms with Crippen molar-refractivity contribution in [1.82, 2.24) is 4.90 Å². The minimum Gasteiger partial charge on any atom is -0.335 e. The van der Waals surface area contributed by atoms with Gasteiger partial charge in [-0.2, -0.15) is 0 Å². The molecule has 3 rings (SSSR count). The predicted molar refractivity (Wildman–Crippen MR) is 94.1 cm³/mol. The van der Waals surface area contributed by atoms with Crippen LogP contribution in [-0.4, -0.2) is 16.8 Å². The van der Waals surface area contributed by atoms with Gasteiger partial charge in [0.2, 0.25) is 5.91 Å². The van der Waals surface area contributed by atoms with Crippen LogP contribution < -0.4 is 0 Å². The van der Waals surface area contributed by atoms with Crippen molar-refractivity contribution in [2.45, 2.75) is 51.1 Å². The second-order valence-electron chi connectivity index (χ2n) is 6.43. The van der Waals surface area contributed by atoms with E-state index in [0.717, 1.165) is 37.8 Å². The number of nitrogens with zero attached hydrogens (tertiary/aromatic N) is 1. The molecule has 1 aliphatic rings. The van der Waals surface area contributed by atoms with E-state index < -0.39 is 0 Å². The summed E-state index contributed by atoms with van der Waals surface area (Å²) >= 11 is 0. The number of hydrogen-bond donors (Lipinski definition) is 0. The summed E-state index contributed by atoms with van der Waals surface area (Å²) in [6.45, 7) is 2.89. The first-order valence-electron chi connectivity index (χ1n) is 8.69. The smallest absolute Gasteiger partial charge is 0.230 e. The lowest BCUT2D eigenvalue weighted by Gasteiger charge is -2.28. The summed E-state index contributed by atoms with van der Waals surface area (Å²) in [4.78, 5) is 15.4. The number of hydrogen-bond acceptors (Lipinski definition) is 1. The van der Waals surface area contributed by atoms with E-state index in [1.807, 2.05) is 36.4 Å². The highest BCUT2D eigenvalue weighted by atomic mass is 16.2. The van der Waals surface area contributed by atoms with Crippen LogP contribution in [0.5, 0.6) is 0 Å². The van der Waals surface area contributed by atoms with Gasteiger partial charge in [-0.15, -0.1) is 0 Å². The normalized spacial score (nSPS) is 15.2. The fraction of sp³-hybridized carbons (Fsp3) is 0.381. The van der Waals surface area contributed by atoms with Crippen molar-refractivity contribution < 1.29 is 4.79 Å². The Morgan fingerprint density at radius 1 is 1.04 bits per heavy atom. The largest absolute Gasteiger partial charge is 0.335 e. The van der Waals surface area contributed by atoms with Crippen LogP contribution in [0.25, 0.3) is 0 Å². The topological polar surface area (TPSA) is 20.3 Å². The van der Waals surface area contributed by atoms with Gasteiger partial charge in [0.15, 0.2) is 0 Å². The van der Waals surface area contributed by atoms with Gasteiger partial charge < -0.3 is 4.90 Å². The van der Waals surface area contributed by atoms with Gasteiger partial charge in [-0.05, 0) is 30.4 Å². The monoisotopic (exact) mass is 307 g/mol. The van der Waals surface area contributed by atoms with Crippen LogP contribution in [0.4, 0.5) is 0 Å². The molecule has 0 saturated heterocycles. The van der Waals surface area contributed by atoms with Gasteiger partial charge in [0, 0.05) is 12.6 Å². The van der Waals surface area contributed by atoms with Crippen LogP contribution in [0.3, 0.4) is 0 Å². The maximum Gasteiger partial charge on any atom is 0.230 e. The van der Waals surface area contributed by atoms with Crippen molar-refractivity contribution in [3.63, 3.8) is 0 Å². The molecule has 1 amide bonds. The van der Waals surface area contributed by atoms with Crippen molar-refractivity contribution in [2.24, 2.45) is 0 Å². The van der Waals surface area contributed by atoms with Gasteiger partial charge >= 0.3 is 0 Å². The molecule has 0 heterocycles. The summed E-state index contributed by atoms with van der Waals surface area (Å²) in [5.41, 5.74) is 2.37. The minimum atomic E-state index is -0.00878. The molecule has 0 spiro atoms. The van der Waals surface area contributed by atoms with Crippen molar-refractivity contribution in [1.29, 1.82) is 0 Å². The fourth-order valence-corrected chi connectivity index (χ4v) is 3.16. The van der Waals surface area contributed by atoms with E-state index in [1.165, 1.54) is 5.56 Å². The number of carbonyl (C=O) groups is 1. The zero-order valence-electron chi connectivity index (χ0n) is 13.8. The van der Waals surface area contributed by atoms with Crippen molar-refractivity contribution in [2.75, 3.05) is 0 Å². The van der Waals surface area contributed by atoms with Crippen molar-refractivity contribution in [3.8, 4) is 0 Å². The molecule has 1 unspecified atom stereocenters. The molecule has 2 aromatic carbocycles. The zero-order valence-corrected chi connectivity index (χ0v) is 13.8. The molecule has 2 aromatic rings.